The summed E-state index contributed by atoms with van der Waals surface area (Å²) < 4.78 is 0. The molecule has 1 saturated carbocycles. The van der Waals surface area contributed by atoms with Crippen molar-refractivity contribution in [2.75, 3.05) is 33.7 Å². The van der Waals surface area contributed by atoms with Crippen molar-refractivity contribution < 1.29 is 4.79 Å². The third-order valence-corrected chi connectivity index (χ3v) is 4.32. The average Bonchev–Trinajstić information content (AvgIpc) is 3.21. The predicted octanol–water partition coefficient (Wildman–Crippen LogP) is 0.501. The fourth-order valence-electron chi connectivity index (χ4n) is 2.80. The Kier molecular flexibility index (Phi) is 5.67. The van der Waals surface area contributed by atoms with Gasteiger partial charge in [0.25, 0.3) is 0 Å². The van der Waals surface area contributed by atoms with Crippen LogP contribution in [0.25, 0.3) is 0 Å². The van der Waals surface area contributed by atoms with Gasteiger partial charge in [0, 0.05) is 45.3 Å². The Hall–Kier alpha value is -1.30. The van der Waals surface area contributed by atoms with E-state index in [-0.39, 0.29) is 18.5 Å². The summed E-state index contributed by atoms with van der Waals surface area (Å²) in [6.45, 7) is 8.87. The maximum Gasteiger partial charge on any atom is 0.243 e. The maximum atomic E-state index is 11.7. The van der Waals surface area contributed by atoms with Gasteiger partial charge < -0.3 is 15.5 Å². The van der Waals surface area contributed by atoms with Gasteiger partial charge in [0.2, 0.25) is 5.91 Å². The van der Waals surface area contributed by atoms with Gasteiger partial charge in [-0.25, -0.2) is 4.99 Å². The van der Waals surface area contributed by atoms with Crippen LogP contribution in [-0.4, -0.2) is 73.5 Å². The summed E-state index contributed by atoms with van der Waals surface area (Å²) in [5.74, 6) is 1.37. The third kappa shape index (κ3) is 4.87. The number of likely N-dealkylation sites (tertiary alicyclic amines) is 1. The van der Waals surface area contributed by atoms with Crippen LogP contribution in [0.15, 0.2) is 4.99 Å². The van der Waals surface area contributed by atoms with E-state index >= 15 is 0 Å². The van der Waals surface area contributed by atoms with Crippen molar-refractivity contribution in [2.24, 2.45) is 10.9 Å². The van der Waals surface area contributed by atoms with E-state index in [0.29, 0.717) is 12.0 Å². The number of hydrogen-bond donors (Lipinski definition) is 2. The van der Waals surface area contributed by atoms with Crippen molar-refractivity contribution in [1.82, 2.24) is 20.4 Å². The van der Waals surface area contributed by atoms with Crippen LogP contribution in [0.1, 0.15) is 33.6 Å². The molecule has 2 atom stereocenters. The molecule has 6 nitrogen and oxygen atoms in total. The summed E-state index contributed by atoms with van der Waals surface area (Å²) in [5, 5.41) is 6.86. The van der Waals surface area contributed by atoms with Crippen LogP contribution in [0.5, 0.6) is 0 Å². The highest BCUT2D eigenvalue weighted by atomic mass is 16.2. The van der Waals surface area contributed by atoms with E-state index in [1.807, 2.05) is 0 Å². The molecule has 0 radical (unpaired) electrons. The monoisotopic (exact) mass is 309 g/mol. The van der Waals surface area contributed by atoms with Gasteiger partial charge in [-0.1, -0.05) is 6.92 Å². The zero-order chi connectivity index (χ0) is 16.3. The Bertz CT molecular complexity index is 417. The summed E-state index contributed by atoms with van der Waals surface area (Å²) in [5.41, 5.74) is 0. The fraction of sp³-hybridized carbons (Fsp3) is 0.875. The summed E-state index contributed by atoms with van der Waals surface area (Å²) in [7, 11) is 3.51. The van der Waals surface area contributed by atoms with Crippen LogP contribution in [-0.2, 0) is 4.79 Å². The number of carbonyl (C=O) groups is 1. The minimum absolute atomic E-state index is 0.0175. The Labute approximate surface area is 134 Å². The van der Waals surface area contributed by atoms with Gasteiger partial charge in [0.1, 0.15) is 6.54 Å². The number of likely N-dealkylation sites (N-methyl/N-ethyl adjacent to an activating group) is 1. The van der Waals surface area contributed by atoms with E-state index in [2.05, 4.69) is 41.3 Å². The molecule has 1 saturated heterocycles. The lowest BCUT2D eigenvalue weighted by molar-refractivity contribution is -0.127. The highest BCUT2D eigenvalue weighted by Crippen LogP contribution is 2.31. The average molecular weight is 309 g/mol. The van der Waals surface area contributed by atoms with Gasteiger partial charge in [0.05, 0.1) is 0 Å². The van der Waals surface area contributed by atoms with Gasteiger partial charge in [-0.05, 0) is 32.6 Å². The van der Waals surface area contributed by atoms with E-state index in [9.17, 15) is 4.79 Å². The van der Waals surface area contributed by atoms with Crippen LogP contribution < -0.4 is 10.6 Å². The first-order chi connectivity index (χ1) is 10.4. The molecule has 1 aliphatic carbocycles. The molecule has 0 spiro atoms. The van der Waals surface area contributed by atoms with E-state index in [1.54, 1.807) is 19.0 Å². The molecule has 22 heavy (non-hydrogen) atoms. The smallest absolute Gasteiger partial charge is 0.243 e. The molecule has 2 unspecified atom stereocenters. The van der Waals surface area contributed by atoms with Crippen LogP contribution in [0.4, 0.5) is 0 Å². The first-order valence-electron chi connectivity index (χ1n) is 8.38. The van der Waals surface area contributed by atoms with Crippen molar-refractivity contribution >= 4 is 11.9 Å². The van der Waals surface area contributed by atoms with Crippen molar-refractivity contribution in [2.45, 2.75) is 51.7 Å². The molecule has 0 aromatic rings. The molecule has 0 aromatic heterocycles. The first kappa shape index (κ1) is 17.1. The Morgan fingerprint density at radius 2 is 2.00 bits per heavy atom. The Balaban J connectivity index is 1.93. The van der Waals surface area contributed by atoms with Crippen molar-refractivity contribution in [3.63, 3.8) is 0 Å². The van der Waals surface area contributed by atoms with Gasteiger partial charge in [-0.3, -0.25) is 9.69 Å². The summed E-state index contributed by atoms with van der Waals surface area (Å²) in [6, 6.07) is 1.50. The van der Waals surface area contributed by atoms with E-state index < -0.39 is 0 Å². The molecule has 2 fully saturated rings. The molecule has 0 bridgehead atoms. The normalized spacial score (nSPS) is 26.4. The zero-order valence-electron chi connectivity index (χ0n) is 14.6. The molecule has 6 heteroatoms. The van der Waals surface area contributed by atoms with Crippen molar-refractivity contribution in [3.8, 4) is 0 Å². The molecule has 2 N–H and O–H groups in total. The van der Waals surface area contributed by atoms with Crippen LogP contribution in [0.3, 0.4) is 0 Å². The Morgan fingerprint density at radius 1 is 1.32 bits per heavy atom. The lowest BCUT2D eigenvalue weighted by atomic mass is 10.1. The fourth-order valence-corrected chi connectivity index (χ4v) is 2.80. The summed E-state index contributed by atoms with van der Waals surface area (Å²) >= 11 is 0. The second kappa shape index (κ2) is 7.31. The molecule has 1 aliphatic heterocycles. The summed E-state index contributed by atoms with van der Waals surface area (Å²) in [4.78, 5) is 20.3. The van der Waals surface area contributed by atoms with Crippen molar-refractivity contribution in [3.05, 3.63) is 0 Å². The van der Waals surface area contributed by atoms with Crippen molar-refractivity contribution in [1.29, 1.82) is 0 Å². The minimum Gasteiger partial charge on any atom is -0.354 e. The maximum absolute atomic E-state index is 11.7. The van der Waals surface area contributed by atoms with E-state index in [4.69, 9.17) is 0 Å². The molecular formula is C16H31N5O. The number of nitrogens with one attached hydrogen (secondary N) is 2. The predicted molar refractivity (Wildman–Crippen MR) is 90.0 cm³/mol. The molecule has 1 heterocycles. The number of carbonyl (C=O) groups excluding carboxylic acids is 1. The second-order valence-electron chi connectivity index (χ2n) is 7.17. The van der Waals surface area contributed by atoms with Gasteiger partial charge in [-0.2, -0.15) is 0 Å². The molecule has 126 valence electrons. The number of nitrogens with zero attached hydrogens (tertiary/aromatic N) is 3. The van der Waals surface area contributed by atoms with Gasteiger partial charge in [-0.15, -0.1) is 0 Å². The van der Waals surface area contributed by atoms with Crippen LogP contribution >= 0.6 is 0 Å². The van der Waals surface area contributed by atoms with E-state index in [1.165, 1.54) is 12.8 Å². The molecule has 2 aliphatic rings. The molecule has 2 rings (SSSR count). The first-order valence-corrected chi connectivity index (χ1v) is 8.38. The topological polar surface area (TPSA) is 60.0 Å². The third-order valence-electron chi connectivity index (χ3n) is 4.32. The highest BCUT2D eigenvalue weighted by molar-refractivity contribution is 5.85. The number of guanidine groups is 1. The lowest BCUT2D eigenvalue weighted by Crippen LogP contribution is -2.49. The second-order valence-corrected chi connectivity index (χ2v) is 7.17. The minimum atomic E-state index is 0.0175. The Morgan fingerprint density at radius 3 is 2.55 bits per heavy atom. The number of aliphatic imine (C=N–C) groups is 1. The highest BCUT2D eigenvalue weighted by Gasteiger charge is 2.38. The number of amides is 1. The zero-order valence-corrected chi connectivity index (χ0v) is 14.6. The SMILES string of the molecule is CC(C)NC(=NCC(=O)N(C)C)NC1CN(C2CC2)CC1C. The molecular weight excluding hydrogens is 278 g/mol. The lowest BCUT2D eigenvalue weighted by Gasteiger charge is -2.22. The number of rotatable bonds is 5. The summed E-state index contributed by atoms with van der Waals surface area (Å²) in [6.07, 6.45) is 2.70. The molecule has 1 amide bonds. The van der Waals surface area contributed by atoms with Gasteiger partial charge >= 0.3 is 0 Å². The molecule has 0 aromatic carbocycles. The number of hydrogen-bond acceptors (Lipinski definition) is 3. The standard InChI is InChI=1S/C16H31N5O/c1-11(2)18-16(17-8-15(22)20(4)5)19-14-10-21(9-12(14)3)13-6-7-13/h11-14H,6-10H2,1-5H3,(H2,17,18,19). The quantitative estimate of drug-likeness (QED) is 0.573. The largest absolute Gasteiger partial charge is 0.354 e. The van der Waals surface area contributed by atoms with Crippen LogP contribution in [0, 0.1) is 5.92 Å². The van der Waals surface area contributed by atoms with Gasteiger partial charge in [0.15, 0.2) is 5.96 Å². The van der Waals surface area contributed by atoms with E-state index in [0.717, 1.165) is 25.1 Å². The van der Waals surface area contributed by atoms with Crippen LogP contribution in [0.2, 0.25) is 0 Å².